The number of terminal acetylenes is 1. The van der Waals surface area contributed by atoms with Crippen LogP contribution in [-0.2, 0) is 10.0 Å². The van der Waals surface area contributed by atoms with Gasteiger partial charge >= 0.3 is 5.97 Å². The molecule has 0 aromatic heterocycles. The molecular weight excluding hydrogens is 358 g/mol. The molecule has 0 fully saturated rings. The van der Waals surface area contributed by atoms with Gasteiger partial charge in [-0.25, -0.2) is 13.2 Å². The SMILES string of the molecule is C#CCN(CCC)S(=O)(=O)c1cc(Br)c(C)c(C(=O)O)c1. The normalized spacial score (nSPS) is 11.4. The Kier molecular flexibility index (Phi) is 5.96. The van der Waals surface area contributed by atoms with Crippen molar-refractivity contribution in [3.05, 3.63) is 27.7 Å². The summed E-state index contributed by atoms with van der Waals surface area (Å²) in [5.41, 5.74) is 0.417. The molecule has 1 N–H and O–H groups in total. The lowest BCUT2D eigenvalue weighted by Gasteiger charge is -2.20. The number of hydrogen-bond acceptors (Lipinski definition) is 3. The van der Waals surface area contributed by atoms with Gasteiger partial charge in [0, 0.05) is 11.0 Å². The molecule has 0 aliphatic rings. The third kappa shape index (κ3) is 3.84. The van der Waals surface area contributed by atoms with Gasteiger partial charge in [0.15, 0.2) is 0 Å². The molecule has 0 aliphatic carbocycles. The van der Waals surface area contributed by atoms with E-state index in [2.05, 4.69) is 21.9 Å². The van der Waals surface area contributed by atoms with Gasteiger partial charge in [-0.05, 0) is 31.0 Å². The zero-order chi connectivity index (χ0) is 16.2. The largest absolute Gasteiger partial charge is 0.478 e. The van der Waals surface area contributed by atoms with Crippen LogP contribution in [0.3, 0.4) is 0 Å². The average Bonchev–Trinajstić information content (AvgIpc) is 2.40. The second-order valence-electron chi connectivity index (χ2n) is 4.43. The second-order valence-corrected chi connectivity index (χ2v) is 7.22. The number of nitrogens with zero attached hydrogens (tertiary/aromatic N) is 1. The summed E-state index contributed by atoms with van der Waals surface area (Å²) in [7, 11) is -3.82. The molecule has 0 heterocycles. The van der Waals surface area contributed by atoms with E-state index in [0.29, 0.717) is 16.5 Å². The fraction of sp³-hybridized carbons (Fsp3) is 0.357. The van der Waals surface area contributed by atoms with Crippen LogP contribution in [0.4, 0.5) is 0 Å². The lowest BCUT2D eigenvalue weighted by Crippen LogP contribution is -2.32. The minimum atomic E-state index is -3.82. The number of sulfonamides is 1. The van der Waals surface area contributed by atoms with Crippen LogP contribution in [0, 0.1) is 19.3 Å². The Morgan fingerprint density at radius 2 is 2.10 bits per heavy atom. The molecule has 1 aromatic rings. The van der Waals surface area contributed by atoms with E-state index < -0.39 is 16.0 Å². The Morgan fingerprint density at radius 1 is 1.48 bits per heavy atom. The van der Waals surface area contributed by atoms with E-state index in [0.717, 1.165) is 10.4 Å². The predicted octanol–water partition coefficient (Wildman–Crippen LogP) is 2.49. The topological polar surface area (TPSA) is 74.7 Å². The van der Waals surface area contributed by atoms with Crippen LogP contribution in [0.1, 0.15) is 29.3 Å². The molecule has 0 aliphatic heterocycles. The van der Waals surface area contributed by atoms with Gasteiger partial charge in [0.05, 0.1) is 17.0 Å². The van der Waals surface area contributed by atoms with Crippen molar-refractivity contribution in [1.29, 1.82) is 0 Å². The van der Waals surface area contributed by atoms with E-state index in [4.69, 9.17) is 11.5 Å². The maximum Gasteiger partial charge on any atom is 0.336 e. The number of carboxylic acids is 1. The van der Waals surface area contributed by atoms with E-state index in [1.54, 1.807) is 6.92 Å². The van der Waals surface area contributed by atoms with Gasteiger partial charge < -0.3 is 5.11 Å². The maximum absolute atomic E-state index is 12.6. The highest BCUT2D eigenvalue weighted by Crippen LogP contribution is 2.27. The number of benzene rings is 1. The zero-order valence-corrected chi connectivity index (χ0v) is 14.2. The van der Waals surface area contributed by atoms with E-state index in [-0.39, 0.29) is 23.5 Å². The van der Waals surface area contributed by atoms with Crippen LogP contribution in [0.25, 0.3) is 0 Å². The van der Waals surface area contributed by atoms with Crippen molar-refractivity contribution in [2.45, 2.75) is 25.2 Å². The van der Waals surface area contributed by atoms with Crippen molar-refractivity contribution < 1.29 is 18.3 Å². The molecule has 0 radical (unpaired) electrons. The molecule has 114 valence electrons. The fourth-order valence-electron chi connectivity index (χ4n) is 1.81. The molecular formula is C14H16BrNO4S. The highest BCUT2D eigenvalue weighted by molar-refractivity contribution is 9.10. The molecule has 7 heteroatoms. The standard InChI is InChI=1S/C14H16BrNO4S/c1-4-6-16(7-5-2)21(19,20)11-8-12(14(17)18)10(3)13(15)9-11/h1,8-9H,5-7H2,2-3H3,(H,17,18). The van der Waals surface area contributed by atoms with Gasteiger partial charge in [-0.3, -0.25) is 0 Å². The van der Waals surface area contributed by atoms with Crippen molar-refractivity contribution in [3.63, 3.8) is 0 Å². The molecule has 0 unspecified atom stereocenters. The van der Waals surface area contributed by atoms with Crippen LogP contribution >= 0.6 is 15.9 Å². The lowest BCUT2D eigenvalue weighted by atomic mass is 10.1. The molecule has 21 heavy (non-hydrogen) atoms. The summed E-state index contributed by atoms with van der Waals surface area (Å²) >= 11 is 3.20. The fourth-order valence-corrected chi connectivity index (χ4v) is 3.92. The molecule has 0 spiro atoms. The summed E-state index contributed by atoms with van der Waals surface area (Å²) in [4.78, 5) is 11.1. The smallest absolute Gasteiger partial charge is 0.336 e. The van der Waals surface area contributed by atoms with Gasteiger partial charge in [-0.2, -0.15) is 4.31 Å². The third-order valence-electron chi connectivity index (χ3n) is 2.93. The van der Waals surface area contributed by atoms with Crippen molar-refractivity contribution in [1.82, 2.24) is 4.31 Å². The van der Waals surface area contributed by atoms with Crippen molar-refractivity contribution in [2.24, 2.45) is 0 Å². The van der Waals surface area contributed by atoms with Gasteiger partial charge in [-0.15, -0.1) is 6.42 Å². The Bertz CT molecular complexity index is 692. The van der Waals surface area contributed by atoms with Gasteiger partial charge in [0.1, 0.15) is 0 Å². The highest BCUT2D eigenvalue weighted by Gasteiger charge is 2.25. The quantitative estimate of drug-likeness (QED) is 0.777. The van der Waals surface area contributed by atoms with Crippen LogP contribution in [0.15, 0.2) is 21.5 Å². The van der Waals surface area contributed by atoms with E-state index in [1.807, 2.05) is 6.92 Å². The number of hydrogen-bond donors (Lipinski definition) is 1. The van der Waals surface area contributed by atoms with Crippen molar-refractivity contribution in [2.75, 3.05) is 13.1 Å². The molecule has 5 nitrogen and oxygen atoms in total. The molecule has 0 amide bonds. The predicted molar refractivity (Wildman–Crippen MR) is 83.7 cm³/mol. The molecule has 0 atom stereocenters. The Morgan fingerprint density at radius 3 is 2.57 bits per heavy atom. The average molecular weight is 374 g/mol. The van der Waals surface area contributed by atoms with Crippen LogP contribution in [0.5, 0.6) is 0 Å². The number of rotatable bonds is 6. The van der Waals surface area contributed by atoms with Crippen molar-refractivity contribution in [3.8, 4) is 12.3 Å². The number of carbonyl (C=O) groups is 1. The first-order valence-corrected chi connectivity index (χ1v) is 8.46. The zero-order valence-electron chi connectivity index (χ0n) is 11.8. The highest BCUT2D eigenvalue weighted by atomic mass is 79.9. The Labute approximate surface area is 133 Å². The summed E-state index contributed by atoms with van der Waals surface area (Å²) in [6, 6.07) is 2.56. The molecule has 1 aromatic carbocycles. The molecule has 0 saturated carbocycles. The Hall–Kier alpha value is -1.36. The third-order valence-corrected chi connectivity index (χ3v) is 5.57. The second kappa shape index (κ2) is 7.07. The monoisotopic (exact) mass is 373 g/mol. The summed E-state index contributed by atoms with van der Waals surface area (Å²) in [5.74, 6) is 1.13. The summed E-state index contributed by atoms with van der Waals surface area (Å²) < 4.78 is 26.7. The minimum Gasteiger partial charge on any atom is -0.478 e. The van der Waals surface area contributed by atoms with Crippen LogP contribution in [0.2, 0.25) is 0 Å². The van der Waals surface area contributed by atoms with Gasteiger partial charge in [-0.1, -0.05) is 28.8 Å². The first-order chi connectivity index (χ1) is 9.75. The van der Waals surface area contributed by atoms with E-state index in [1.165, 1.54) is 6.07 Å². The van der Waals surface area contributed by atoms with Crippen LogP contribution in [-0.4, -0.2) is 36.9 Å². The van der Waals surface area contributed by atoms with E-state index in [9.17, 15) is 13.2 Å². The molecule has 1 rings (SSSR count). The minimum absolute atomic E-state index is 0.0515. The maximum atomic E-state index is 12.6. The number of carboxylic acid groups (broad SMARTS) is 1. The Balaban J connectivity index is 3.44. The number of aromatic carboxylic acids is 1. The van der Waals surface area contributed by atoms with Crippen molar-refractivity contribution >= 4 is 31.9 Å². The lowest BCUT2D eigenvalue weighted by molar-refractivity contribution is 0.0695. The first-order valence-electron chi connectivity index (χ1n) is 6.22. The summed E-state index contributed by atoms with van der Waals surface area (Å²) in [6.45, 7) is 3.67. The van der Waals surface area contributed by atoms with Gasteiger partial charge in [0.2, 0.25) is 10.0 Å². The molecule has 0 saturated heterocycles. The summed E-state index contributed by atoms with van der Waals surface area (Å²) in [5, 5.41) is 9.16. The number of halogens is 1. The van der Waals surface area contributed by atoms with Crippen LogP contribution < -0.4 is 0 Å². The molecule has 0 bridgehead atoms. The van der Waals surface area contributed by atoms with E-state index >= 15 is 0 Å². The summed E-state index contributed by atoms with van der Waals surface area (Å²) in [6.07, 6.45) is 5.82. The first kappa shape index (κ1) is 17.7. The van der Waals surface area contributed by atoms with Gasteiger partial charge in [0.25, 0.3) is 0 Å².